The third-order valence-corrected chi connectivity index (χ3v) is 6.37. The number of hydrogen-bond acceptors (Lipinski definition) is 2. The van der Waals surface area contributed by atoms with Gasteiger partial charge in [0.05, 0.1) is 9.79 Å². The molecule has 4 nitrogen and oxygen atoms in total. The summed E-state index contributed by atoms with van der Waals surface area (Å²) < 4.78 is 3.85. The van der Waals surface area contributed by atoms with Crippen LogP contribution in [0.4, 0.5) is 0 Å². The first kappa shape index (κ1) is 17.2. The summed E-state index contributed by atoms with van der Waals surface area (Å²) >= 11 is 3.24. The molecular weight excluding hydrogens is 360 g/mol. The highest BCUT2D eigenvalue weighted by atomic mass is 32.2. The highest BCUT2D eigenvalue weighted by molar-refractivity contribution is 7.93. The molecule has 0 unspecified atom stereocenters. The van der Waals surface area contributed by atoms with Crippen LogP contribution in [-0.2, 0) is 0 Å². The van der Waals surface area contributed by atoms with Crippen molar-refractivity contribution < 1.29 is 8.21 Å². The molecule has 4 rings (SSSR count). The third kappa shape index (κ3) is 3.39. The number of allylic oxidation sites excluding steroid dienone is 2. The van der Waals surface area contributed by atoms with Crippen molar-refractivity contribution in [2.75, 3.05) is 0 Å². The van der Waals surface area contributed by atoms with Crippen molar-refractivity contribution in [3.8, 4) is 0 Å². The van der Waals surface area contributed by atoms with Crippen molar-refractivity contribution in [1.82, 2.24) is 0 Å². The Hall–Kier alpha value is -2.18. The quantitative estimate of drug-likeness (QED) is 0.334. The van der Waals surface area contributed by atoms with Crippen LogP contribution in [0.15, 0.2) is 80.2 Å². The van der Waals surface area contributed by atoms with Crippen LogP contribution in [-0.4, -0.2) is 8.21 Å². The molecule has 6 heteroatoms. The van der Waals surface area contributed by atoms with Crippen LogP contribution in [0.3, 0.4) is 0 Å². The maximum atomic E-state index is 4.55. The van der Waals surface area contributed by atoms with E-state index in [0.29, 0.717) is 0 Å². The fourth-order valence-electron chi connectivity index (χ4n) is 2.84. The maximum Gasteiger partial charge on any atom is 0.402 e. The Bertz CT molecular complexity index is 894. The summed E-state index contributed by atoms with van der Waals surface area (Å²) in [4.78, 5) is 2.40. The van der Waals surface area contributed by atoms with E-state index in [9.17, 15) is 0 Å². The van der Waals surface area contributed by atoms with E-state index >= 15 is 0 Å². The molecule has 2 aliphatic rings. The minimum absolute atomic E-state index is 0.910. The van der Waals surface area contributed by atoms with E-state index in [0.717, 1.165) is 24.2 Å². The molecule has 0 amide bonds. The second-order valence-electron chi connectivity index (χ2n) is 5.96. The number of fused-ring (bicyclic) bond motifs is 2. The van der Waals surface area contributed by atoms with Gasteiger partial charge in [-0.2, -0.15) is 0 Å². The summed E-state index contributed by atoms with van der Waals surface area (Å²) in [5.41, 5.74) is 4.80. The Morgan fingerprint density at radius 3 is 1.54 bits per heavy atom. The standard InChI is InChI=1S/C20H20N4S2/c1-3-17-13-15-9-5-7-11-19(15)25-23(17)21-22-24-18(4-2)14-16-10-6-8-12-20(16)26-24/h5-14H,3-4H2,1-2H3/q+2. The molecule has 2 aromatic carbocycles. The van der Waals surface area contributed by atoms with Gasteiger partial charge in [0.2, 0.25) is 0 Å². The lowest BCUT2D eigenvalue weighted by Crippen LogP contribution is -2.07. The molecular formula is C20H20N4S2+2. The summed E-state index contributed by atoms with van der Waals surface area (Å²) in [5.74, 6) is 0. The minimum Gasteiger partial charge on any atom is -0.0616 e. The van der Waals surface area contributed by atoms with Gasteiger partial charge in [0.25, 0.3) is 0 Å². The number of rotatable bonds is 3. The third-order valence-electron chi connectivity index (χ3n) is 4.27. The first-order valence-corrected chi connectivity index (χ1v) is 10.3. The van der Waals surface area contributed by atoms with E-state index in [1.54, 1.807) is 23.9 Å². The van der Waals surface area contributed by atoms with E-state index in [2.05, 4.69) is 85.0 Å². The molecule has 0 atom stereocenters. The first-order chi connectivity index (χ1) is 12.8. The Morgan fingerprint density at radius 2 is 1.12 bits per heavy atom. The molecule has 0 radical (unpaired) electrons. The zero-order chi connectivity index (χ0) is 17.9. The van der Waals surface area contributed by atoms with Gasteiger partial charge in [0, 0.05) is 21.0 Å². The molecule has 26 heavy (non-hydrogen) atoms. The number of nitrogens with zero attached hydrogens (tertiary/aromatic N) is 4. The molecule has 2 aliphatic heterocycles. The maximum absolute atomic E-state index is 4.55. The van der Waals surface area contributed by atoms with Crippen molar-refractivity contribution in [2.24, 2.45) is 10.4 Å². The monoisotopic (exact) mass is 380 g/mol. The van der Waals surface area contributed by atoms with E-state index in [4.69, 9.17) is 0 Å². The molecule has 130 valence electrons. The van der Waals surface area contributed by atoms with Gasteiger partial charge >= 0.3 is 10.4 Å². The molecule has 0 N–H and O–H groups in total. The van der Waals surface area contributed by atoms with Crippen LogP contribution in [0.25, 0.3) is 12.2 Å². The average Bonchev–Trinajstić information content (AvgIpc) is 2.70. The van der Waals surface area contributed by atoms with Crippen LogP contribution >= 0.6 is 23.9 Å². The molecule has 2 aromatic rings. The Kier molecular flexibility index (Phi) is 5.04. The van der Waals surface area contributed by atoms with Crippen LogP contribution in [0.5, 0.6) is 0 Å². The van der Waals surface area contributed by atoms with Crippen molar-refractivity contribution >= 4 is 36.0 Å². The van der Waals surface area contributed by atoms with Crippen LogP contribution in [0, 0.1) is 0 Å². The summed E-state index contributed by atoms with van der Waals surface area (Å²) in [6, 6.07) is 16.8. The summed E-state index contributed by atoms with van der Waals surface area (Å²) in [5, 5.41) is 9.09. The first-order valence-electron chi connectivity index (χ1n) is 8.75. The Morgan fingerprint density at radius 1 is 0.692 bits per heavy atom. The van der Waals surface area contributed by atoms with Gasteiger partial charge in [-0.1, -0.05) is 50.2 Å². The molecule has 0 spiro atoms. The van der Waals surface area contributed by atoms with Crippen LogP contribution in [0.2, 0.25) is 0 Å². The van der Waals surface area contributed by atoms with Gasteiger partial charge in [-0.3, -0.25) is 0 Å². The van der Waals surface area contributed by atoms with Crippen LogP contribution in [0.1, 0.15) is 37.8 Å². The highest BCUT2D eigenvalue weighted by Crippen LogP contribution is 2.36. The van der Waals surface area contributed by atoms with E-state index in [1.807, 2.05) is 8.21 Å². The lowest BCUT2D eigenvalue weighted by atomic mass is 10.1. The molecule has 0 saturated heterocycles. The topological polar surface area (TPSA) is 30.7 Å². The van der Waals surface area contributed by atoms with E-state index in [-0.39, 0.29) is 0 Å². The molecule has 0 aliphatic carbocycles. The highest BCUT2D eigenvalue weighted by Gasteiger charge is 2.29. The van der Waals surface area contributed by atoms with Crippen molar-refractivity contribution in [2.45, 2.75) is 36.5 Å². The van der Waals surface area contributed by atoms with Gasteiger partial charge in [-0.15, -0.1) is 0 Å². The predicted molar refractivity (Wildman–Crippen MR) is 107 cm³/mol. The zero-order valence-electron chi connectivity index (χ0n) is 14.8. The Balaban J connectivity index is 1.69. The molecule has 0 aromatic heterocycles. The summed E-state index contributed by atoms with van der Waals surface area (Å²) in [6.45, 7) is 4.29. The number of benzene rings is 2. The fourth-order valence-corrected chi connectivity index (χ4v) is 4.69. The number of hydrogen-bond donors (Lipinski definition) is 0. The summed E-state index contributed by atoms with van der Waals surface area (Å²) in [7, 11) is 0. The normalized spacial score (nSPS) is 19.0. The van der Waals surface area contributed by atoms with Gasteiger partial charge in [-0.25, -0.2) is 0 Å². The van der Waals surface area contributed by atoms with Crippen molar-refractivity contribution in [1.29, 1.82) is 0 Å². The largest absolute Gasteiger partial charge is 0.402 e. The fraction of sp³-hybridized carbons (Fsp3) is 0.200. The molecule has 0 saturated carbocycles. The van der Waals surface area contributed by atoms with Crippen molar-refractivity contribution in [3.63, 3.8) is 0 Å². The molecule has 0 bridgehead atoms. The lowest BCUT2D eigenvalue weighted by molar-refractivity contribution is -0.430. The van der Waals surface area contributed by atoms with Gasteiger partial charge < -0.3 is 0 Å². The molecule has 2 heterocycles. The van der Waals surface area contributed by atoms with Gasteiger partial charge in [-0.05, 0) is 35.4 Å². The second-order valence-corrected chi connectivity index (χ2v) is 7.90. The van der Waals surface area contributed by atoms with Gasteiger partial charge in [0.15, 0.2) is 35.3 Å². The summed E-state index contributed by atoms with van der Waals surface area (Å²) in [6.07, 6.45) is 6.21. The smallest absolute Gasteiger partial charge is 0.0616 e. The van der Waals surface area contributed by atoms with E-state index in [1.165, 1.54) is 20.9 Å². The van der Waals surface area contributed by atoms with E-state index < -0.39 is 0 Å². The lowest BCUT2D eigenvalue weighted by Gasteiger charge is -2.10. The van der Waals surface area contributed by atoms with Gasteiger partial charge in [0.1, 0.15) is 0 Å². The van der Waals surface area contributed by atoms with Crippen molar-refractivity contribution in [3.05, 3.63) is 71.1 Å². The SMILES string of the molecule is CCC1=Cc2ccccc2S[N+]1=NN=[N+]1Sc2ccccc2C=C1CC. The second kappa shape index (κ2) is 7.60. The van der Waals surface area contributed by atoms with Crippen LogP contribution < -0.4 is 0 Å². The zero-order valence-corrected chi connectivity index (χ0v) is 16.4. The Labute approximate surface area is 162 Å². The molecule has 0 fully saturated rings. The average molecular weight is 381 g/mol. The predicted octanol–water partition coefficient (Wildman–Crippen LogP) is 6.77. The minimum atomic E-state index is 0.910.